The van der Waals surface area contributed by atoms with Gasteiger partial charge in [0.15, 0.2) is 0 Å². The molecule has 4 atom stereocenters. The molecule has 2 unspecified atom stereocenters. The predicted molar refractivity (Wildman–Crippen MR) is 111 cm³/mol. The molecule has 0 aromatic heterocycles. The van der Waals surface area contributed by atoms with Crippen LogP contribution in [-0.2, 0) is 10.3 Å². The third-order valence-electron chi connectivity index (χ3n) is 6.74. The van der Waals surface area contributed by atoms with Gasteiger partial charge in [-0.25, -0.2) is 0 Å². The Balaban J connectivity index is 2.11. The highest BCUT2D eigenvalue weighted by Crippen LogP contribution is 2.56. The number of hydrogen-bond donors (Lipinski definition) is 3. The third-order valence-corrected chi connectivity index (χ3v) is 6.74. The van der Waals surface area contributed by atoms with Gasteiger partial charge in [-0.05, 0) is 41.4 Å². The van der Waals surface area contributed by atoms with Crippen molar-refractivity contribution >= 4 is 11.9 Å². The number of oxime groups is 2. The Labute approximate surface area is 167 Å². The molecule has 4 N–H and O–H groups in total. The van der Waals surface area contributed by atoms with Gasteiger partial charge in [0.2, 0.25) is 0 Å². The molecule has 6 heteroatoms. The first-order valence-electron chi connectivity index (χ1n) is 10.2. The quantitative estimate of drug-likeness (QED) is 0.312. The molecule has 2 aliphatic carbocycles. The van der Waals surface area contributed by atoms with E-state index in [4.69, 9.17) is 10.6 Å². The fourth-order valence-corrected chi connectivity index (χ4v) is 5.36. The summed E-state index contributed by atoms with van der Waals surface area (Å²) in [6.07, 6.45) is 3.81. The van der Waals surface area contributed by atoms with Crippen LogP contribution >= 0.6 is 0 Å². The van der Waals surface area contributed by atoms with Crippen LogP contribution in [0.4, 0.5) is 0 Å². The Morgan fingerprint density at radius 1 is 1.32 bits per heavy atom. The number of rotatable bonds is 5. The molecule has 0 heterocycles. The maximum atomic E-state index is 11.3. The second-order valence-corrected chi connectivity index (χ2v) is 9.00. The van der Waals surface area contributed by atoms with Gasteiger partial charge in [-0.1, -0.05) is 56.6 Å². The first kappa shape index (κ1) is 20.8. The average Bonchev–Trinajstić information content (AvgIpc) is 2.65. The molecule has 6 nitrogen and oxygen atoms in total. The van der Waals surface area contributed by atoms with Crippen LogP contribution in [0.2, 0.25) is 0 Å². The van der Waals surface area contributed by atoms with Gasteiger partial charge in [-0.15, -0.1) is 0 Å². The number of fused-ring (bicyclic) bond motifs is 3. The number of benzene rings is 1. The fourth-order valence-electron chi connectivity index (χ4n) is 5.36. The van der Waals surface area contributed by atoms with E-state index in [9.17, 15) is 10.3 Å². The molecule has 3 rings (SSSR count). The molecule has 0 radical (unpaired) electrons. The summed E-state index contributed by atoms with van der Waals surface area (Å²) in [5.74, 6) is 0.193. The van der Waals surface area contributed by atoms with E-state index in [1.807, 2.05) is 6.21 Å². The highest BCUT2D eigenvalue weighted by molar-refractivity contribution is 6.07. The van der Waals surface area contributed by atoms with E-state index in [-0.39, 0.29) is 16.7 Å². The average molecular weight is 388 g/mol. The van der Waals surface area contributed by atoms with E-state index in [0.29, 0.717) is 24.8 Å². The van der Waals surface area contributed by atoms with Crippen molar-refractivity contribution in [1.82, 2.24) is 0 Å². The van der Waals surface area contributed by atoms with Gasteiger partial charge in [-0.3, -0.25) is 0 Å². The van der Waals surface area contributed by atoms with Gasteiger partial charge in [0.25, 0.3) is 0 Å². The van der Waals surface area contributed by atoms with Crippen LogP contribution < -0.4 is 5.73 Å². The molecule has 0 saturated heterocycles. The topological polar surface area (TPSA) is 100 Å². The Bertz CT molecular complexity index is 776. The summed E-state index contributed by atoms with van der Waals surface area (Å²) in [6.45, 7) is 9.37. The van der Waals surface area contributed by atoms with Crippen LogP contribution in [0.1, 0.15) is 69.6 Å². The number of aliphatic hydroxyl groups excluding tert-OH is 1. The van der Waals surface area contributed by atoms with Crippen molar-refractivity contribution in [2.75, 3.05) is 13.2 Å². The van der Waals surface area contributed by atoms with E-state index < -0.39 is 6.10 Å². The molecule has 0 amide bonds. The van der Waals surface area contributed by atoms with E-state index in [0.717, 1.165) is 30.4 Å². The van der Waals surface area contributed by atoms with E-state index in [1.54, 1.807) is 0 Å². The van der Waals surface area contributed by atoms with Crippen molar-refractivity contribution in [2.45, 2.75) is 64.4 Å². The van der Waals surface area contributed by atoms with Crippen molar-refractivity contribution in [3.63, 3.8) is 0 Å². The molecule has 0 bridgehead atoms. The normalized spacial score (nSPS) is 33.9. The molecule has 0 aliphatic heterocycles. The summed E-state index contributed by atoms with van der Waals surface area (Å²) in [6, 6.07) is 6.38. The van der Waals surface area contributed by atoms with Crippen LogP contribution in [0.25, 0.3) is 0 Å². The Hall–Kier alpha value is -1.92. The number of nitrogens with two attached hydrogens (primary N) is 1. The molecule has 1 aromatic carbocycles. The summed E-state index contributed by atoms with van der Waals surface area (Å²) in [5, 5.41) is 28.8. The summed E-state index contributed by atoms with van der Waals surface area (Å²) in [7, 11) is 0. The molecular formula is C22H33N3O3. The Morgan fingerprint density at radius 2 is 2.07 bits per heavy atom. The Kier molecular flexibility index (Phi) is 5.82. The SMILES string of the molecule is CC(C)c1ccc2c(c1)/C(=N\O)C(O)C1[C@@](C)(/C=N/OCCN)CCC[C@]21C. The van der Waals surface area contributed by atoms with Crippen molar-refractivity contribution in [2.24, 2.45) is 27.4 Å². The molecule has 1 fully saturated rings. The zero-order valence-electron chi connectivity index (χ0n) is 17.4. The van der Waals surface area contributed by atoms with Crippen LogP contribution in [0.5, 0.6) is 0 Å². The first-order valence-corrected chi connectivity index (χ1v) is 10.2. The number of nitrogens with zero attached hydrogens (tertiary/aromatic N) is 2. The summed E-state index contributed by atoms with van der Waals surface area (Å²) in [5.41, 5.74) is 8.37. The maximum absolute atomic E-state index is 11.3. The summed E-state index contributed by atoms with van der Waals surface area (Å²) in [4.78, 5) is 5.25. The molecule has 0 spiro atoms. The van der Waals surface area contributed by atoms with Crippen molar-refractivity contribution in [1.29, 1.82) is 0 Å². The van der Waals surface area contributed by atoms with Gasteiger partial charge >= 0.3 is 0 Å². The molecule has 1 saturated carbocycles. The van der Waals surface area contributed by atoms with Gasteiger partial charge < -0.3 is 20.9 Å². The van der Waals surface area contributed by atoms with Gasteiger partial charge in [-0.2, -0.15) is 0 Å². The van der Waals surface area contributed by atoms with Crippen molar-refractivity contribution in [3.05, 3.63) is 34.9 Å². The largest absolute Gasteiger partial charge is 0.411 e. The third kappa shape index (κ3) is 3.33. The van der Waals surface area contributed by atoms with Crippen molar-refractivity contribution in [3.8, 4) is 0 Å². The van der Waals surface area contributed by atoms with Crippen LogP contribution in [0.15, 0.2) is 28.5 Å². The second kappa shape index (κ2) is 7.84. The van der Waals surface area contributed by atoms with Gasteiger partial charge in [0, 0.05) is 23.4 Å². The predicted octanol–water partition coefficient (Wildman–Crippen LogP) is 3.39. The van der Waals surface area contributed by atoms with Crippen LogP contribution in [0.3, 0.4) is 0 Å². The van der Waals surface area contributed by atoms with Crippen molar-refractivity contribution < 1.29 is 15.2 Å². The summed E-state index contributed by atoms with van der Waals surface area (Å²) >= 11 is 0. The fraction of sp³-hybridized carbons (Fsp3) is 0.636. The minimum absolute atomic E-state index is 0.165. The lowest BCUT2D eigenvalue weighted by atomic mass is 9.49. The minimum atomic E-state index is -0.879. The highest BCUT2D eigenvalue weighted by Gasteiger charge is 2.57. The maximum Gasteiger partial charge on any atom is 0.129 e. The van der Waals surface area contributed by atoms with Crippen LogP contribution in [-0.4, -0.2) is 41.5 Å². The molecule has 1 aromatic rings. The monoisotopic (exact) mass is 387 g/mol. The lowest BCUT2D eigenvalue weighted by Gasteiger charge is -2.55. The highest BCUT2D eigenvalue weighted by atomic mass is 16.6. The first-order chi connectivity index (χ1) is 13.3. The van der Waals surface area contributed by atoms with E-state index in [2.05, 4.69) is 56.2 Å². The molecular weight excluding hydrogens is 354 g/mol. The zero-order valence-corrected chi connectivity index (χ0v) is 17.4. The lowest BCUT2D eigenvalue weighted by molar-refractivity contribution is 0.00577. The number of hydrogen-bond acceptors (Lipinski definition) is 6. The molecule has 28 heavy (non-hydrogen) atoms. The van der Waals surface area contributed by atoms with Gasteiger partial charge in [0.05, 0.1) is 6.21 Å². The second-order valence-electron chi connectivity index (χ2n) is 9.00. The Morgan fingerprint density at radius 3 is 2.71 bits per heavy atom. The van der Waals surface area contributed by atoms with E-state index in [1.165, 1.54) is 5.56 Å². The minimum Gasteiger partial charge on any atom is -0.411 e. The number of aliphatic hydroxyl groups is 1. The lowest BCUT2D eigenvalue weighted by Crippen LogP contribution is -2.58. The molecule has 154 valence electrons. The van der Waals surface area contributed by atoms with E-state index >= 15 is 0 Å². The standard InChI is InChI=1S/C22H33N3O3/c1-14(2)15-6-7-17-16(12-15)18(25-27)19(26)20-21(3,13-24-28-11-10-23)8-5-9-22(17,20)4/h6-7,12-14,19-20,26-27H,5,8-11,23H2,1-4H3/b24-13+,25-18+/t19?,20?,21-,22-/m1/s1. The zero-order chi connectivity index (χ0) is 20.5. The van der Waals surface area contributed by atoms with Gasteiger partial charge in [0.1, 0.15) is 18.4 Å². The smallest absolute Gasteiger partial charge is 0.129 e. The summed E-state index contributed by atoms with van der Waals surface area (Å²) < 4.78 is 0. The van der Waals surface area contributed by atoms with Crippen LogP contribution in [0, 0.1) is 11.3 Å². The molecule has 2 aliphatic rings.